The van der Waals surface area contributed by atoms with Crippen LogP contribution in [0.25, 0.3) is 0 Å². The van der Waals surface area contributed by atoms with E-state index in [1.165, 1.54) is 14.2 Å². The van der Waals surface area contributed by atoms with Gasteiger partial charge in [-0.1, -0.05) is 0 Å². The van der Waals surface area contributed by atoms with Gasteiger partial charge in [-0.05, 0) is 6.92 Å². The highest BCUT2D eigenvalue weighted by atomic mass is 19.1. The molecule has 4 heteroatoms. The Labute approximate surface area is 71.8 Å². The minimum atomic E-state index is -1.08. The van der Waals surface area contributed by atoms with Crippen LogP contribution in [0.4, 0.5) is 4.39 Å². The average Bonchev–Trinajstić information content (AvgIpc) is 2.29. The van der Waals surface area contributed by atoms with Crippen molar-refractivity contribution in [2.75, 3.05) is 20.8 Å². The van der Waals surface area contributed by atoms with Gasteiger partial charge in [0, 0.05) is 14.2 Å². The molecule has 1 aliphatic heterocycles. The van der Waals surface area contributed by atoms with E-state index in [0.29, 0.717) is 0 Å². The molecular weight excluding hydrogens is 163 g/mol. The molecule has 1 rings (SSSR count). The molecule has 0 aliphatic carbocycles. The first-order chi connectivity index (χ1) is 5.70. The molecule has 12 heavy (non-hydrogen) atoms. The number of alkyl halides is 1. The molecular formula is C8H15FO3. The van der Waals surface area contributed by atoms with Crippen molar-refractivity contribution in [1.82, 2.24) is 0 Å². The van der Waals surface area contributed by atoms with Gasteiger partial charge in [-0.2, -0.15) is 0 Å². The van der Waals surface area contributed by atoms with Gasteiger partial charge in [0.2, 0.25) is 0 Å². The standard InChI is InChI=1S/C8H15FO3/c1-5-8(11-3)7(9)6(12-5)4-10-2/h5-8H,4H2,1-3H3/t5-,6+,7?,8+/m0/s1. The highest BCUT2D eigenvalue weighted by molar-refractivity contribution is 4.89. The van der Waals surface area contributed by atoms with Gasteiger partial charge in [0.05, 0.1) is 12.7 Å². The Kier molecular flexibility index (Phi) is 3.43. The first-order valence-corrected chi connectivity index (χ1v) is 4.02. The van der Waals surface area contributed by atoms with Crippen molar-refractivity contribution in [3.05, 3.63) is 0 Å². The lowest BCUT2D eigenvalue weighted by Gasteiger charge is -2.13. The zero-order valence-corrected chi connectivity index (χ0v) is 7.62. The molecule has 4 atom stereocenters. The maximum atomic E-state index is 13.4. The predicted molar refractivity (Wildman–Crippen MR) is 41.9 cm³/mol. The predicted octanol–water partition coefficient (Wildman–Crippen LogP) is 0.773. The van der Waals surface area contributed by atoms with Crippen LogP contribution in [0.5, 0.6) is 0 Å². The molecule has 0 saturated carbocycles. The van der Waals surface area contributed by atoms with Crippen molar-refractivity contribution >= 4 is 0 Å². The summed E-state index contributed by atoms with van der Waals surface area (Å²) >= 11 is 0. The number of hydrogen-bond acceptors (Lipinski definition) is 3. The van der Waals surface area contributed by atoms with Gasteiger partial charge >= 0.3 is 0 Å². The van der Waals surface area contributed by atoms with E-state index >= 15 is 0 Å². The summed E-state index contributed by atoms with van der Waals surface area (Å²) in [4.78, 5) is 0. The minimum absolute atomic E-state index is 0.190. The average molecular weight is 178 g/mol. The molecule has 0 aromatic carbocycles. The smallest absolute Gasteiger partial charge is 0.157 e. The van der Waals surface area contributed by atoms with Gasteiger partial charge in [-0.15, -0.1) is 0 Å². The van der Waals surface area contributed by atoms with E-state index in [0.717, 1.165) is 0 Å². The van der Waals surface area contributed by atoms with Crippen LogP contribution < -0.4 is 0 Å². The van der Waals surface area contributed by atoms with E-state index in [1.807, 2.05) is 0 Å². The SMILES string of the molecule is COC[C@H]1O[C@@H](C)[C@@H](OC)C1F. The highest BCUT2D eigenvalue weighted by Gasteiger charge is 2.42. The van der Waals surface area contributed by atoms with Crippen molar-refractivity contribution in [3.63, 3.8) is 0 Å². The summed E-state index contributed by atoms with van der Waals surface area (Å²) in [6.07, 6.45) is -2.20. The van der Waals surface area contributed by atoms with Gasteiger partial charge < -0.3 is 14.2 Å². The van der Waals surface area contributed by atoms with E-state index in [-0.39, 0.29) is 12.7 Å². The van der Waals surface area contributed by atoms with Crippen LogP contribution in [-0.2, 0) is 14.2 Å². The minimum Gasteiger partial charge on any atom is -0.382 e. The third-order valence-corrected chi connectivity index (χ3v) is 2.12. The summed E-state index contributed by atoms with van der Waals surface area (Å²) in [7, 11) is 3.02. The summed E-state index contributed by atoms with van der Waals surface area (Å²) in [5.74, 6) is 0. The quantitative estimate of drug-likeness (QED) is 0.639. The molecule has 1 unspecified atom stereocenters. The monoisotopic (exact) mass is 178 g/mol. The molecule has 0 aromatic heterocycles. The molecule has 1 saturated heterocycles. The number of halogens is 1. The van der Waals surface area contributed by atoms with Crippen LogP contribution in [0.3, 0.4) is 0 Å². The first kappa shape index (κ1) is 9.89. The van der Waals surface area contributed by atoms with Gasteiger partial charge in [0.1, 0.15) is 12.2 Å². The van der Waals surface area contributed by atoms with Crippen LogP contribution in [0, 0.1) is 0 Å². The van der Waals surface area contributed by atoms with Gasteiger partial charge in [-0.3, -0.25) is 0 Å². The molecule has 3 nitrogen and oxygen atoms in total. The Morgan fingerprint density at radius 1 is 1.42 bits per heavy atom. The Morgan fingerprint density at radius 3 is 2.50 bits per heavy atom. The Hall–Kier alpha value is -0.190. The largest absolute Gasteiger partial charge is 0.382 e. The van der Waals surface area contributed by atoms with E-state index in [4.69, 9.17) is 14.2 Å². The van der Waals surface area contributed by atoms with Gasteiger partial charge in [0.15, 0.2) is 6.17 Å². The molecule has 72 valence electrons. The maximum absolute atomic E-state index is 13.4. The lowest BCUT2D eigenvalue weighted by atomic mass is 10.1. The number of methoxy groups -OCH3 is 2. The molecule has 0 bridgehead atoms. The molecule has 0 N–H and O–H groups in total. The van der Waals surface area contributed by atoms with Crippen LogP contribution in [-0.4, -0.2) is 45.3 Å². The molecule has 1 heterocycles. The highest BCUT2D eigenvalue weighted by Crippen LogP contribution is 2.25. The van der Waals surface area contributed by atoms with Gasteiger partial charge in [-0.25, -0.2) is 4.39 Å². The fourth-order valence-corrected chi connectivity index (χ4v) is 1.52. The van der Waals surface area contributed by atoms with E-state index < -0.39 is 18.4 Å². The van der Waals surface area contributed by atoms with E-state index in [9.17, 15) is 4.39 Å². The number of ether oxygens (including phenoxy) is 3. The molecule has 0 amide bonds. The second-order valence-electron chi connectivity index (χ2n) is 2.98. The second-order valence-corrected chi connectivity index (χ2v) is 2.98. The zero-order valence-electron chi connectivity index (χ0n) is 7.62. The van der Waals surface area contributed by atoms with Crippen molar-refractivity contribution in [1.29, 1.82) is 0 Å². The van der Waals surface area contributed by atoms with E-state index in [2.05, 4.69) is 0 Å². The number of rotatable bonds is 3. The summed E-state index contributed by atoms with van der Waals surface area (Å²) in [5, 5.41) is 0. The third kappa shape index (κ3) is 1.76. The van der Waals surface area contributed by atoms with Crippen molar-refractivity contribution < 1.29 is 18.6 Å². The van der Waals surface area contributed by atoms with Crippen molar-refractivity contribution in [2.45, 2.75) is 31.4 Å². The summed E-state index contributed by atoms with van der Waals surface area (Å²) < 4.78 is 28.4. The van der Waals surface area contributed by atoms with E-state index in [1.54, 1.807) is 6.92 Å². The Bertz CT molecular complexity index is 142. The maximum Gasteiger partial charge on any atom is 0.157 e. The fourth-order valence-electron chi connectivity index (χ4n) is 1.52. The summed E-state index contributed by atoms with van der Waals surface area (Å²) in [5.41, 5.74) is 0. The molecule has 1 fully saturated rings. The molecule has 1 aliphatic rings. The molecule has 0 spiro atoms. The number of hydrogen-bond donors (Lipinski definition) is 0. The van der Waals surface area contributed by atoms with Crippen molar-refractivity contribution in [2.24, 2.45) is 0 Å². The lowest BCUT2D eigenvalue weighted by molar-refractivity contribution is -0.0189. The topological polar surface area (TPSA) is 27.7 Å². The summed E-state index contributed by atoms with van der Waals surface area (Å²) in [6.45, 7) is 2.09. The van der Waals surface area contributed by atoms with Gasteiger partial charge in [0.25, 0.3) is 0 Å². The van der Waals surface area contributed by atoms with Crippen LogP contribution >= 0.6 is 0 Å². The van der Waals surface area contributed by atoms with Crippen LogP contribution in [0.1, 0.15) is 6.92 Å². The Balaban J connectivity index is 2.49. The molecule has 0 radical (unpaired) electrons. The lowest BCUT2D eigenvalue weighted by Crippen LogP contribution is -2.31. The third-order valence-electron chi connectivity index (χ3n) is 2.12. The van der Waals surface area contributed by atoms with Crippen LogP contribution in [0.15, 0.2) is 0 Å². The second kappa shape index (κ2) is 4.16. The van der Waals surface area contributed by atoms with Crippen molar-refractivity contribution in [3.8, 4) is 0 Å². The normalized spacial score (nSPS) is 42.0. The summed E-state index contributed by atoms with van der Waals surface area (Å²) in [6, 6.07) is 0. The van der Waals surface area contributed by atoms with Crippen LogP contribution in [0.2, 0.25) is 0 Å². The first-order valence-electron chi connectivity index (χ1n) is 4.02. The fraction of sp³-hybridized carbons (Fsp3) is 1.00. The zero-order chi connectivity index (χ0) is 9.14. The Morgan fingerprint density at radius 2 is 2.08 bits per heavy atom. The molecule has 0 aromatic rings.